The van der Waals surface area contributed by atoms with Gasteiger partial charge >= 0.3 is 0 Å². The molecule has 4 rings (SSSR count). The van der Waals surface area contributed by atoms with Gasteiger partial charge in [0, 0.05) is 39.4 Å². The van der Waals surface area contributed by atoms with Gasteiger partial charge in [-0.25, -0.2) is 4.98 Å². The third-order valence-corrected chi connectivity index (χ3v) is 5.16. The van der Waals surface area contributed by atoms with Crippen LogP contribution in [0, 0.1) is 0 Å². The quantitative estimate of drug-likeness (QED) is 0.749. The van der Waals surface area contributed by atoms with Crippen molar-refractivity contribution in [3.05, 3.63) is 60.3 Å². The minimum atomic E-state index is 0.386. The van der Waals surface area contributed by atoms with Crippen LogP contribution in [0.4, 0.5) is 11.8 Å². The molecule has 0 aliphatic carbocycles. The van der Waals surface area contributed by atoms with Crippen LogP contribution < -0.4 is 10.2 Å². The molecule has 1 saturated heterocycles. The predicted molar refractivity (Wildman–Crippen MR) is 112 cm³/mol. The number of piperidine rings is 1. The van der Waals surface area contributed by atoms with Crippen molar-refractivity contribution in [3.8, 4) is 0 Å². The molecule has 0 amide bonds. The monoisotopic (exact) mass is 361 g/mol. The zero-order valence-corrected chi connectivity index (χ0v) is 16.1. The predicted octanol–water partition coefficient (Wildman–Crippen LogP) is 3.77. The molecule has 1 aliphatic heterocycles. The average molecular weight is 361 g/mol. The second kappa shape index (κ2) is 7.92. The molecule has 0 spiro atoms. The van der Waals surface area contributed by atoms with E-state index in [0.717, 1.165) is 37.8 Å². The molecule has 5 heteroatoms. The molecule has 2 aromatic carbocycles. The molecule has 5 nitrogen and oxygen atoms in total. The van der Waals surface area contributed by atoms with Crippen LogP contribution in [0.25, 0.3) is 10.8 Å². The van der Waals surface area contributed by atoms with Gasteiger partial charge in [0.25, 0.3) is 0 Å². The Hall–Kier alpha value is -2.66. The molecule has 1 atom stereocenters. The molecule has 1 aliphatic rings. The topological polar surface area (TPSA) is 44.3 Å². The van der Waals surface area contributed by atoms with Crippen LogP contribution >= 0.6 is 0 Å². The first-order chi connectivity index (χ1) is 13.2. The van der Waals surface area contributed by atoms with Crippen LogP contribution in [0.3, 0.4) is 0 Å². The van der Waals surface area contributed by atoms with Crippen molar-refractivity contribution in [2.24, 2.45) is 0 Å². The molecular weight excluding hydrogens is 334 g/mol. The normalized spacial score (nSPS) is 17.8. The second-order valence-electron chi connectivity index (χ2n) is 7.53. The van der Waals surface area contributed by atoms with Crippen molar-refractivity contribution in [3.63, 3.8) is 0 Å². The number of anilines is 2. The van der Waals surface area contributed by atoms with Gasteiger partial charge in [0.2, 0.25) is 5.95 Å². The van der Waals surface area contributed by atoms with E-state index in [9.17, 15) is 0 Å². The summed E-state index contributed by atoms with van der Waals surface area (Å²) in [5.41, 5.74) is 1.38. The highest BCUT2D eigenvalue weighted by Gasteiger charge is 2.20. The summed E-state index contributed by atoms with van der Waals surface area (Å²) in [6, 6.07) is 17.7. The largest absolute Gasteiger partial charge is 0.363 e. The minimum Gasteiger partial charge on any atom is -0.363 e. The summed E-state index contributed by atoms with van der Waals surface area (Å²) < 4.78 is 0. The molecule has 140 valence electrons. The van der Waals surface area contributed by atoms with E-state index in [1.165, 1.54) is 22.8 Å². The first kappa shape index (κ1) is 17.7. The number of benzene rings is 2. The molecule has 0 radical (unpaired) electrons. The molecule has 0 bridgehead atoms. The van der Waals surface area contributed by atoms with Gasteiger partial charge in [0.05, 0.1) is 0 Å². The van der Waals surface area contributed by atoms with Crippen molar-refractivity contribution in [2.45, 2.75) is 25.4 Å². The van der Waals surface area contributed by atoms with Gasteiger partial charge in [-0.3, -0.25) is 4.90 Å². The van der Waals surface area contributed by atoms with Crippen LogP contribution in [-0.2, 0) is 6.54 Å². The van der Waals surface area contributed by atoms with Crippen LogP contribution in [0.5, 0.6) is 0 Å². The number of hydrogen-bond donors (Lipinski definition) is 1. The Morgan fingerprint density at radius 3 is 2.81 bits per heavy atom. The summed E-state index contributed by atoms with van der Waals surface area (Å²) >= 11 is 0. The fourth-order valence-corrected chi connectivity index (χ4v) is 3.76. The standard InChI is InChI=1S/C22H27N5/c1-26(2)21-11-12-23-22(25-21)24-20-8-5-13-27(16-20)15-17-9-10-18-6-3-4-7-19(18)14-17/h3-4,6-7,9-12,14,20H,5,8,13,15-16H2,1-2H3,(H,23,24,25). The summed E-state index contributed by atoms with van der Waals surface area (Å²) in [4.78, 5) is 13.5. The molecule has 0 saturated carbocycles. The summed E-state index contributed by atoms with van der Waals surface area (Å²) in [7, 11) is 4.00. The fourth-order valence-electron chi connectivity index (χ4n) is 3.76. The number of likely N-dealkylation sites (tertiary alicyclic amines) is 1. The lowest BCUT2D eigenvalue weighted by molar-refractivity contribution is 0.208. The van der Waals surface area contributed by atoms with Gasteiger partial charge in [-0.05, 0) is 47.9 Å². The van der Waals surface area contributed by atoms with Gasteiger partial charge in [0.15, 0.2) is 0 Å². The Bertz CT molecular complexity index is 908. The average Bonchev–Trinajstić information content (AvgIpc) is 2.68. The van der Waals surface area contributed by atoms with Gasteiger partial charge in [-0.2, -0.15) is 4.98 Å². The Morgan fingerprint density at radius 2 is 1.96 bits per heavy atom. The van der Waals surface area contributed by atoms with Crippen molar-refractivity contribution in [1.29, 1.82) is 0 Å². The molecule has 3 aromatic rings. The second-order valence-corrected chi connectivity index (χ2v) is 7.53. The van der Waals surface area contributed by atoms with E-state index in [4.69, 9.17) is 0 Å². The third kappa shape index (κ3) is 4.37. The fraction of sp³-hybridized carbons (Fsp3) is 0.364. The Morgan fingerprint density at radius 1 is 1.11 bits per heavy atom. The maximum Gasteiger partial charge on any atom is 0.224 e. The Kier molecular flexibility index (Phi) is 5.21. The summed E-state index contributed by atoms with van der Waals surface area (Å²) in [6.45, 7) is 3.15. The molecule has 1 unspecified atom stereocenters. The van der Waals surface area contributed by atoms with Gasteiger partial charge in [-0.1, -0.05) is 36.4 Å². The zero-order valence-electron chi connectivity index (χ0n) is 16.1. The number of nitrogens with zero attached hydrogens (tertiary/aromatic N) is 4. The minimum absolute atomic E-state index is 0.386. The van der Waals surface area contributed by atoms with Crippen LogP contribution in [0.1, 0.15) is 18.4 Å². The maximum atomic E-state index is 4.59. The van der Waals surface area contributed by atoms with Crippen LogP contribution in [0.15, 0.2) is 54.7 Å². The lowest BCUT2D eigenvalue weighted by Crippen LogP contribution is -2.41. The van der Waals surface area contributed by atoms with E-state index in [1.807, 2.05) is 31.3 Å². The lowest BCUT2D eigenvalue weighted by atomic mass is 10.0. The summed E-state index contributed by atoms with van der Waals surface area (Å²) in [5, 5.41) is 6.15. The molecule has 1 fully saturated rings. The highest BCUT2D eigenvalue weighted by Crippen LogP contribution is 2.20. The summed E-state index contributed by atoms with van der Waals surface area (Å²) in [6.07, 6.45) is 4.17. The van der Waals surface area contributed by atoms with Crippen molar-refractivity contribution in [1.82, 2.24) is 14.9 Å². The van der Waals surface area contributed by atoms with Gasteiger partial charge in [0.1, 0.15) is 5.82 Å². The molecule has 27 heavy (non-hydrogen) atoms. The number of rotatable bonds is 5. The summed E-state index contributed by atoms with van der Waals surface area (Å²) in [5.74, 6) is 1.65. The molecular formula is C22H27N5. The van der Waals surface area contributed by atoms with Crippen LogP contribution in [0.2, 0.25) is 0 Å². The number of aromatic nitrogens is 2. The highest BCUT2D eigenvalue weighted by atomic mass is 15.2. The smallest absolute Gasteiger partial charge is 0.224 e. The zero-order chi connectivity index (χ0) is 18.6. The maximum absolute atomic E-state index is 4.59. The van der Waals surface area contributed by atoms with Gasteiger partial charge in [-0.15, -0.1) is 0 Å². The SMILES string of the molecule is CN(C)c1ccnc(NC2CCCN(Cc3ccc4ccccc4c3)C2)n1. The van der Waals surface area contributed by atoms with Crippen molar-refractivity contribution in [2.75, 3.05) is 37.4 Å². The van der Waals surface area contributed by atoms with E-state index in [2.05, 4.69) is 62.6 Å². The van der Waals surface area contributed by atoms with E-state index >= 15 is 0 Å². The van der Waals surface area contributed by atoms with E-state index < -0.39 is 0 Å². The number of fused-ring (bicyclic) bond motifs is 1. The first-order valence-corrected chi connectivity index (χ1v) is 9.64. The van der Waals surface area contributed by atoms with Gasteiger partial charge < -0.3 is 10.2 Å². The van der Waals surface area contributed by atoms with E-state index in [0.29, 0.717) is 6.04 Å². The van der Waals surface area contributed by atoms with Crippen LogP contribution in [-0.4, -0.2) is 48.1 Å². The van der Waals surface area contributed by atoms with E-state index in [1.54, 1.807) is 0 Å². The first-order valence-electron chi connectivity index (χ1n) is 9.64. The Balaban J connectivity index is 1.41. The molecule has 1 aromatic heterocycles. The lowest BCUT2D eigenvalue weighted by Gasteiger charge is -2.33. The highest BCUT2D eigenvalue weighted by molar-refractivity contribution is 5.82. The Labute approximate surface area is 161 Å². The van der Waals surface area contributed by atoms with E-state index in [-0.39, 0.29) is 0 Å². The third-order valence-electron chi connectivity index (χ3n) is 5.16. The van der Waals surface area contributed by atoms with Crippen molar-refractivity contribution < 1.29 is 0 Å². The molecule has 1 N–H and O–H groups in total. The number of nitrogens with one attached hydrogen (secondary N) is 1. The molecule has 2 heterocycles. The van der Waals surface area contributed by atoms with Crippen molar-refractivity contribution >= 4 is 22.5 Å². The number of hydrogen-bond acceptors (Lipinski definition) is 5.